The smallest absolute Gasteiger partial charge is 0.193 e. The number of hydrogen-bond donors (Lipinski definition) is 0. The molecule has 30 heavy (non-hydrogen) atoms. The quantitative estimate of drug-likeness (QED) is 0.549. The van der Waals surface area contributed by atoms with Crippen molar-refractivity contribution in [2.75, 3.05) is 13.7 Å². The van der Waals surface area contributed by atoms with Crippen molar-refractivity contribution in [3.05, 3.63) is 113 Å². The highest BCUT2D eigenvalue weighted by Crippen LogP contribution is 2.44. The summed E-state index contributed by atoms with van der Waals surface area (Å²) >= 11 is 0. The molecule has 1 heterocycles. The molecule has 0 aromatic heterocycles. The van der Waals surface area contributed by atoms with Gasteiger partial charge in [0.25, 0.3) is 0 Å². The molecule has 150 valence electrons. The van der Waals surface area contributed by atoms with Crippen molar-refractivity contribution in [3.63, 3.8) is 0 Å². The number of rotatable bonds is 5. The maximum atomic E-state index is 6.60. The largest absolute Gasteiger partial charge is 0.470 e. The molecule has 0 amide bonds. The van der Waals surface area contributed by atoms with Gasteiger partial charge in [0.05, 0.1) is 12.5 Å². The first-order valence-corrected chi connectivity index (χ1v) is 10.5. The molecule has 0 bridgehead atoms. The van der Waals surface area contributed by atoms with E-state index >= 15 is 0 Å². The summed E-state index contributed by atoms with van der Waals surface area (Å²) in [4.78, 5) is 5.07. The molecule has 0 N–H and O–H groups in total. The number of ether oxygens (including phenoxy) is 2. The molecule has 3 heteroatoms. The van der Waals surface area contributed by atoms with Gasteiger partial charge in [-0.25, -0.2) is 4.99 Å². The monoisotopic (exact) mass is 395 g/mol. The van der Waals surface area contributed by atoms with Crippen LogP contribution in [0.2, 0.25) is 0 Å². The highest BCUT2D eigenvalue weighted by Gasteiger charge is 2.40. The fourth-order valence-electron chi connectivity index (χ4n) is 4.58. The molecule has 0 unspecified atom stereocenters. The van der Waals surface area contributed by atoms with Gasteiger partial charge in [-0.2, -0.15) is 0 Å². The predicted octanol–water partition coefficient (Wildman–Crippen LogP) is 5.77. The molecule has 3 aromatic rings. The minimum atomic E-state index is -0.129. The highest BCUT2D eigenvalue weighted by atomic mass is 16.5. The first kappa shape index (κ1) is 18.8. The van der Waals surface area contributed by atoms with Gasteiger partial charge in [-0.05, 0) is 22.3 Å². The van der Waals surface area contributed by atoms with Crippen LogP contribution in [0.1, 0.15) is 40.2 Å². The Kier molecular flexibility index (Phi) is 5.20. The zero-order valence-electron chi connectivity index (χ0n) is 17.0. The Morgan fingerprint density at radius 3 is 2.23 bits per heavy atom. The van der Waals surface area contributed by atoms with Crippen LogP contribution in [0.15, 0.2) is 96.0 Å². The number of benzene rings is 3. The standard InChI is InChI=1S/C27H25NO2/c1-29-18-24-26(21-13-6-3-7-14-21)30-27(28-24)25-22-15-9-8-12-20(22)16-17-23(25)19-10-4-2-5-11-19/h2-17,23-26H,18H2,1H3/t23-,24+,25+,26+/m1/s1. The van der Waals surface area contributed by atoms with Crippen LogP contribution in [-0.4, -0.2) is 25.7 Å². The maximum absolute atomic E-state index is 6.60. The summed E-state index contributed by atoms with van der Waals surface area (Å²) in [5.41, 5.74) is 4.89. The Morgan fingerprint density at radius 1 is 0.833 bits per heavy atom. The average Bonchev–Trinajstić information content (AvgIpc) is 3.23. The SMILES string of the molecule is COC[C@@H]1N=C([C@H]2c3ccccc3C=C[C@@H]2c2ccccc2)O[C@H]1c1ccccc1. The molecule has 0 saturated carbocycles. The van der Waals surface area contributed by atoms with Crippen LogP contribution < -0.4 is 0 Å². The minimum absolute atomic E-state index is 0.0432. The lowest BCUT2D eigenvalue weighted by Gasteiger charge is -2.30. The van der Waals surface area contributed by atoms with E-state index in [9.17, 15) is 0 Å². The third-order valence-electron chi connectivity index (χ3n) is 5.98. The molecule has 1 aliphatic heterocycles. The van der Waals surface area contributed by atoms with Crippen molar-refractivity contribution in [3.8, 4) is 0 Å². The maximum Gasteiger partial charge on any atom is 0.193 e. The first-order valence-electron chi connectivity index (χ1n) is 10.5. The van der Waals surface area contributed by atoms with Crippen LogP contribution in [0.3, 0.4) is 0 Å². The fraction of sp³-hybridized carbons (Fsp3) is 0.222. The molecule has 3 aromatic carbocycles. The van der Waals surface area contributed by atoms with E-state index in [1.54, 1.807) is 7.11 Å². The summed E-state index contributed by atoms with van der Waals surface area (Å²) in [5, 5.41) is 0. The summed E-state index contributed by atoms with van der Waals surface area (Å²) < 4.78 is 12.1. The summed E-state index contributed by atoms with van der Waals surface area (Å²) in [5.74, 6) is 1.02. The molecule has 2 aliphatic rings. The Morgan fingerprint density at radius 2 is 1.50 bits per heavy atom. The van der Waals surface area contributed by atoms with Crippen LogP contribution >= 0.6 is 0 Å². The van der Waals surface area contributed by atoms with Gasteiger partial charge in [-0.3, -0.25) is 0 Å². The van der Waals surface area contributed by atoms with Crippen molar-refractivity contribution < 1.29 is 9.47 Å². The van der Waals surface area contributed by atoms with Crippen LogP contribution in [0.25, 0.3) is 6.08 Å². The number of methoxy groups -OCH3 is 1. The van der Waals surface area contributed by atoms with E-state index in [4.69, 9.17) is 14.5 Å². The highest BCUT2D eigenvalue weighted by molar-refractivity contribution is 5.89. The second kappa shape index (κ2) is 8.29. The van der Waals surface area contributed by atoms with Crippen molar-refractivity contribution in [1.82, 2.24) is 0 Å². The van der Waals surface area contributed by atoms with Crippen molar-refractivity contribution in [2.24, 2.45) is 4.99 Å². The van der Waals surface area contributed by atoms with Crippen LogP contribution in [0.4, 0.5) is 0 Å². The number of hydrogen-bond acceptors (Lipinski definition) is 3. The van der Waals surface area contributed by atoms with Crippen molar-refractivity contribution in [1.29, 1.82) is 0 Å². The van der Waals surface area contributed by atoms with E-state index in [0.29, 0.717) is 6.61 Å². The topological polar surface area (TPSA) is 30.8 Å². The first-order chi connectivity index (χ1) is 14.8. The molecule has 1 aliphatic carbocycles. The van der Waals surface area contributed by atoms with E-state index < -0.39 is 0 Å². The zero-order valence-corrected chi connectivity index (χ0v) is 17.0. The fourth-order valence-corrected chi connectivity index (χ4v) is 4.58. The second-order valence-corrected chi connectivity index (χ2v) is 7.84. The molecular formula is C27H25NO2. The number of nitrogens with zero attached hydrogens (tertiary/aromatic N) is 1. The van der Waals surface area contributed by atoms with Gasteiger partial charge in [0.15, 0.2) is 5.90 Å². The van der Waals surface area contributed by atoms with E-state index in [1.807, 2.05) is 18.2 Å². The van der Waals surface area contributed by atoms with E-state index in [-0.39, 0.29) is 24.0 Å². The summed E-state index contributed by atoms with van der Waals surface area (Å²) in [7, 11) is 1.72. The number of fused-ring (bicyclic) bond motifs is 1. The molecule has 0 saturated heterocycles. The molecule has 3 nitrogen and oxygen atoms in total. The summed E-state index contributed by atoms with van der Waals surface area (Å²) in [6.07, 6.45) is 4.38. The lowest BCUT2D eigenvalue weighted by atomic mass is 9.76. The molecule has 0 fully saturated rings. The second-order valence-electron chi connectivity index (χ2n) is 7.84. The summed E-state index contributed by atoms with van der Waals surface area (Å²) in [6, 6.07) is 29.5. The molecular weight excluding hydrogens is 370 g/mol. The predicted molar refractivity (Wildman–Crippen MR) is 121 cm³/mol. The number of allylic oxidation sites excluding steroid dienone is 1. The van der Waals surface area contributed by atoms with Gasteiger partial charge in [-0.15, -0.1) is 0 Å². The number of aliphatic imine (C=N–C) groups is 1. The average molecular weight is 396 g/mol. The Labute approximate surface area is 177 Å². The Bertz CT molecular complexity index is 1060. The molecule has 0 spiro atoms. The molecule has 0 radical (unpaired) electrons. The Balaban J connectivity index is 1.57. The third kappa shape index (κ3) is 3.46. The zero-order chi connectivity index (χ0) is 20.3. The third-order valence-corrected chi connectivity index (χ3v) is 5.98. The van der Waals surface area contributed by atoms with Crippen LogP contribution in [0.5, 0.6) is 0 Å². The van der Waals surface area contributed by atoms with Crippen LogP contribution in [-0.2, 0) is 9.47 Å². The summed E-state index contributed by atoms with van der Waals surface area (Å²) in [6.45, 7) is 0.531. The van der Waals surface area contributed by atoms with Gasteiger partial charge >= 0.3 is 0 Å². The molecule has 4 atom stereocenters. The van der Waals surface area contributed by atoms with Crippen molar-refractivity contribution in [2.45, 2.75) is 24.0 Å². The Hall–Kier alpha value is -3.17. The van der Waals surface area contributed by atoms with Crippen molar-refractivity contribution >= 4 is 12.0 Å². The van der Waals surface area contributed by atoms with Gasteiger partial charge in [0, 0.05) is 13.0 Å². The molecule has 5 rings (SSSR count). The minimum Gasteiger partial charge on any atom is -0.470 e. The van der Waals surface area contributed by atoms with E-state index in [1.165, 1.54) is 16.7 Å². The van der Waals surface area contributed by atoms with Gasteiger partial charge in [-0.1, -0.05) is 97.1 Å². The van der Waals surface area contributed by atoms with E-state index in [2.05, 4.69) is 78.9 Å². The van der Waals surface area contributed by atoms with Crippen LogP contribution in [0, 0.1) is 0 Å². The van der Waals surface area contributed by atoms with E-state index in [0.717, 1.165) is 11.5 Å². The van der Waals surface area contributed by atoms with Gasteiger partial charge < -0.3 is 9.47 Å². The van der Waals surface area contributed by atoms with Gasteiger partial charge in [0.1, 0.15) is 12.1 Å². The lowest BCUT2D eigenvalue weighted by Crippen LogP contribution is -2.23. The van der Waals surface area contributed by atoms with Gasteiger partial charge in [0.2, 0.25) is 0 Å². The lowest BCUT2D eigenvalue weighted by molar-refractivity contribution is 0.118. The normalized spacial score (nSPS) is 24.8.